The lowest BCUT2D eigenvalue weighted by Crippen LogP contribution is -2.49. The van der Waals surface area contributed by atoms with Crippen LogP contribution in [0.1, 0.15) is 32.6 Å². The Labute approximate surface area is 126 Å². The Kier molecular flexibility index (Phi) is 4.36. The first kappa shape index (κ1) is 14.7. The van der Waals surface area contributed by atoms with Gasteiger partial charge in [-0.1, -0.05) is 12.1 Å². The highest BCUT2D eigenvalue weighted by molar-refractivity contribution is 5.39. The van der Waals surface area contributed by atoms with Crippen LogP contribution in [0.15, 0.2) is 24.3 Å². The smallest absolute Gasteiger partial charge is 0.161 e. The molecule has 3 rings (SSSR count). The number of para-hydroxylation sites is 2. The summed E-state index contributed by atoms with van der Waals surface area (Å²) in [5.74, 6) is 2.27. The number of hydrogen-bond acceptors (Lipinski definition) is 4. The van der Waals surface area contributed by atoms with Gasteiger partial charge in [0, 0.05) is 18.6 Å². The van der Waals surface area contributed by atoms with E-state index in [0.717, 1.165) is 30.9 Å². The number of rotatable bonds is 7. The summed E-state index contributed by atoms with van der Waals surface area (Å²) in [6.45, 7) is 4.00. The molecule has 2 N–H and O–H groups in total. The molecule has 21 heavy (non-hydrogen) atoms. The highest BCUT2D eigenvalue weighted by Crippen LogP contribution is 2.43. The molecule has 1 aromatic rings. The molecule has 0 radical (unpaired) electrons. The average Bonchev–Trinajstić information content (AvgIpc) is 3.24. The van der Waals surface area contributed by atoms with Gasteiger partial charge in [-0.25, -0.2) is 0 Å². The van der Waals surface area contributed by atoms with Crippen LogP contribution in [-0.2, 0) is 4.74 Å². The van der Waals surface area contributed by atoms with Crippen molar-refractivity contribution in [3.05, 3.63) is 24.3 Å². The normalized spacial score (nSPS) is 28.6. The van der Waals surface area contributed by atoms with Crippen LogP contribution in [0, 0.1) is 5.92 Å². The Hall–Kier alpha value is -1.26. The Morgan fingerprint density at radius 3 is 2.62 bits per heavy atom. The van der Waals surface area contributed by atoms with Crippen LogP contribution < -0.4 is 15.2 Å². The van der Waals surface area contributed by atoms with Crippen LogP contribution in [0.3, 0.4) is 0 Å². The number of hydrogen-bond donors (Lipinski definition) is 1. The van der Waals surface area contributed by atoms with E-state index >= 15 is 0 Å². The van der Waals surface area contributed by atoms with E-state index in [1.807, 2.05) is 31.2 Å². The van der Waals surface area contributed by atoms with Crippen LogP contribution >= 0.6 is 0 Å². The largest absolute Gasteiger partial charge is 0.490 e. The molecule has 2 fully saturated rings. The van der Waals surface area contributed by atoms with Gasteiger partial charge in [0.25, 0.3) is 0 Å². The molecule has 1 saturated heterocycles. The van der Waals surface area contributed by atoms with Crippen LogP contribution in [0.5, 0.6) is 11.5 Å². The van der Waals surface area contributed by atoms with E-state index in [-0.39, 0.29) is 11.6 Å². The zero-order chi connectivity index (χ0) is 14.7. The molecule has 1 saturated carbocycles. The molecule has 4 nitrogen and oxygen atoms in total. The molecular formula is C17H25NO3. The van der Waals surface area contributed by atoms with Crippen molar-refractivity contribution in [3.63, 3.8) is 0 Å². The fourth-order valence-electron chi connectivity index (χ4n) is 3.15. The van der Waals surface area contributed by atoms with Crippen molar-refractivity contribution in [2.24, 2.45) is 11.7 Å². The number of nitrogens with two attached hydrogens (primary N) is 1. The van der Waals surface area contributed by atoms with E-state index in [0.29, 0.717) is 19.1 Å². The van der Waals surface area contributed by atoms with E-state index in [9.17, 15) is 0 Å². The molecule has 0 aromatic heterocycles. The van der Waals surface area contributed by atoms with Gasteiger partial charge in [-0.3, -0.25) is 0 Å². The second-order valence-electron chi connectivity index (χ2n) is 6.09. The molecule has 0 amide bonds. The van der Waals surface area contributed by atoms with Crippen molar-refractivity contribution in [2.45, 2.75) is 44.2 Å². The summed E-state index contributed by atoms with van der Waals surface area (Å²) in [6.07, 6.45) is 4.51. The first-order chi connectivity index (χ1) is 10.2. The molecule has 4 heteroatoms. The Balaban J connectivity index is 1.56. The Bertz CT molecular complexity index is 475. The van der Waals surface area contributed by atoms with Crippen molar-refractivity contribution < 1.29 is 14.2 Å². The second kappa shape index (κ2) is 6.24. The summed E-state index contributed by atoms with van der Waals surface area (Å²) < 4.78 is 17.3. The fourth-order valence-corrected chi connectivity index (χ4v) is 3.15. The highest BCUT2D eigenvalue weighted by Gasteiger charge is 2.48. The van der Waals surface area contributed by atoms with Crippen LogP contribution in [-0.4, -0.2) is 31.5 Å². The Morgan fingerprint density at radius 1 is 1.24 bits per heavy atom. The third-order valence-electron chi connectivity index (χ3n) is 4.46. The van der Waals surface area contributed by atoms with Crippen molar-refractivity contribution in [1.82, 2.24) is 0 Å². The predicted octanol–water partition coefficient (Wildman–Crippen LogP) is 2.75. The fraction of sp³-hybridized carbons (Fsp3) is 0.647. The van der Waals surface area contributed by atoms with Crippen LogP contribution in [0.2, 0.25) is 0 Å². The maximum atomic E-state index is 6.57. The van der Waals surface area contributed by atoms with Gasteiger partial charge < -0.3 is 19.9 Å². The maximum Gasteiger partial charge on any atom is 0.161 e. The van der Waals surface area contributed by atoms with Gasteiger partial charge in [-0.05, 0) is 44.2 Å². The zero-order valence-corrected chi connectivity index (χ0v) is 12.7. The maximum absolute atomic E-state index is 6.57. The van der Waals surface area contributed by atoms with E-state index in [1.165, 1.54) is 12.8 Å². The van der Waals surface area contributed by atoms with E-state index in [2.05, 4.69) is 0 Å². The summed E-state index contributed by atoms with van der Waals surface area (Å²) in [5.41, 5.74) is 6.35. The van der Waals surface area contributed by atoms with Gasteiger partial charge in [0.2, 0.25) is 0 Å². The van der Waals surface area contributed by atoms with Crippen LogP contribution in [0.25, 0.3) is 0 Å². The van der Waals surface area contributed by atoms with Crippen molar-refractivity contribution in [1.29, 1.82) is 0 Å². The van der Waals surface area contributed by atoms with Crippen molar-refractivity contribution >= 4 is 0 Å². The lowest BCUT2D eigenvalue weighted by Gasteiger charge is -2.30. The summed E-state index contributed by atoms with van der Waals surface area (Å²) in [5, 5.41) is 0. The van der Waals surface area contributed by atoms with Gasteiger partial charge in [-0.2, -0.15) is 0 Å². The number of ether oxygens (including phenoxy) is 3. The average molecular weight is 291 g/mol. The van der Waals surface area contributed by atoms with Crippen molar-refractivity contribution in [3.8, 4) is 11.5 Å². The molecule has 116 valence electrons. The topological polar surface area (TPSA) is 53.7 Å². The first-order valence-corrected chi connectivity index (χ1v) is 7.98. The van der Waals surface area contributed by atoms with Gasteiger partial charge in [-0.15, -0.1) is 0 Å². The number of benzene rings is 1. The molecule has 0 bridgehead atoms. The molecule has 1 aliphatic heterocycles. The van der Waals surface area contributed by atoms with Crippen molar-refractivity contribution in [2.75, 3.05) is 19.8 Å². The van der Waals surface area contributed by atoms with Gasteiger partial charge in [0.1, 0.15) is 0 Å². The Morgan fingerprint density at radius 2 is 1.95 bits per heavy atom. The van der Waals surface area contributed by atoms with Gasteiger partial charge in [0.15, 0.2) is 11.5 Å². The third kappa shape index (κ3) is 3.33. The lowest BCUT2D eigenvalue weighted by molar-refractivity contribution is 0.0556. The molecule has 2 aliphatic rings. The standard InChI is InChI=1S/C17H25NO3/c1-2-19-14-5-3-4-6-15(14)20-11-9-17(18)10-12-21-16(17)13-7-8-13/h3-6,13,16H,2,7-12,18H2,1H3. The molecule has 1 heterocycles. The third-order valence-corrected chi connectivity index (χ3v) is 4.46. The quantitative estimate of drug-likeness (QED) is 0.839. The predicted molar refractivity (Wildman–Crippen MR) is 81.7 cm³/mol. The molecular weight excluding hydrogens is 266 g/mol. The van der Waals surface area contributed by atoms with E-state index < -0.39 is 0 Å². The zero-order valence-electron chi connectivity index (χ0n) is 12.7. The minimum atomic E-state index is -0.221. The monoisotopic (exact) mass is 291 g/mol. The van der Waals surface area contributed by atoms with Crippen LogP contribution in [0.4, 0.5) is 0 Å². The molecule has 1 aromatic carbocycles. The lowest BCUT2D eigenvalue weighted by atomic mass is 9.86. The van der Waals surface area contributed by atoms with Gasteiger partial charge >= 0.3 is 0 Å². The second-order valence-corrected chi connectivity index (χ2v) is 6.09. The summed E-state index contributed by atoms with van der Waals surface area (Å²) in [7, 11) is 0. The summed E-state index contributed by atoms with van der Waals surface area (Å²) in [4.78, 5) is 0. The minimum Gasteiger partial charge on any atom is -0.490 e. The highest BCUT2D eigenvalue weighted by atomic mass is 16.5. The van der Waals surface area contributed by atoms with E-state index in [1.54, 1.807) is 0 Å². The van der Waals surface area contributed by atoms with Gasteiger partial charge in [0.05, 0.1) is 19.3 Å². The van der Waals surface area contributed by atoms with E-state index in [4.69, 9.17) is 19.9 Å². The molecule has 1 aliphatic carbocycles. The molecule has 2 atom stereocenters. The summed E-state index contributed by atoms with van der Waals surface area (Å²) in [6, 6.07) is 7.79. The first-order valence-electron chi connectivity index (χ1n) is 7.98. The molecule has 2 unspecified atom stereocenters. The molecule has 0 spiro atoms. The summed E-state index contributed by atoms with van der Waals surface area (Å²) >= 11 is 0. The SMILES string of the molecule is CCOc1ccccc1OCCC1(N)CCOC1C1CC1. The minimum absolute atomic E-state index is 0.221.